The lowest BCUT2D eigenvalue weighted by Crippen LogP contribution is -2.46. The quantitative estimate of drug-likeness (QED) is 0.434. The summed E-state index contributed by atoms with van der Waals surface area (Å²) in [6.07, 6.45) is -0.833. The highest BCUT2D eigenvalue weighted by molar-refractivity contribution is 9.10. The number of piperazine rings is 1. The Balaban J connectivity index is 1.13. The van der Waals surface area contributed by atoms with Gasteiger partial charge >= 0.3 is 6.09 Å². The molecule has 2 amide bonds. The summed E-state index contributed by atoms with van der Waals surface area (Å²) in [4.78, 5) is 35.7. The van der Waals surface area contributed by atoms with Crippen LogP contribution in [0.4, 0.5) is 22.0 Å². The van der Waals surface area contributed by atoms with Crippen LogP contribution in [-0.4, -0.2) is 69.5 Å². The first kappa shape index (κ1) is 24.9. The molecule has 0 unspecified atom stereocenters. The molecule has 9 nitrogen and oxygen atoms in total. The lowest BCUT2D eigenvalue weighted by molar-refractivity contribution is 0.0916. The van der Waals surface area contributed by atoms with E-state index in [1.165, 1.54) is 0 Å². The maximum absolute atomic E-state index is 12.5. The van der Waals surface area contributed by atoms with Crippen LogP contribution in [0.25, 0.3) is 0 Å². The van der Waals surface area contributed by atoms with E-state index in [1.54, 1.807) is 36.3 Å². The minimum atomic E-state index is -0.422. The van der Waals surface area contributed by atoms with Gasteiger partial charge < -0.3 is 24.6 Å². The smallest absolute Gasteiger partial charge is 0.414 e. The Bertz CT molecular complexity index is 1250. The molecule has 192 valence electrons. The van der Waals surface area contributed by atoms with Crippen molar-refractivity contribution < 1.29 is 19.1 Å². The number of benzene rings is 2. The molecule has 0 spiro atoms. The van der Waals surface area contributed by atoms with Gasteiger partial charge in [0.2, 0.25) is 0 Å². The Kier molecular flexibility index (Phi) is 7.45. The second kappa shape index (κ2) is 11.1. The van der Waals surface area contributed by atoms with Crippen LogP contribution < -0.4 is 24.8 Å². The molecule has 3 heterocycles. The Labute approximate surface area is 224 Å². The number of aromatic nitrogens is 1. The Hall–Kier alpha value is -3.79. The van der Waals surface area contributed by atoms with E-state index in [0.717, 1.165) is 48.0 Å². The molecule has 10 heteroatoms. The molecule has 0 radical (unpaired) electrons. The molecule has 2 aliphatic heterocycles. The lowest BCUT2D eigenvalue weighted by atomic mass is 10.2. The van der Waals surface area contributed by atoms with Crippen molar-refractivity contribution in [2.75, 3.05) is 61.1 Å². The van der Waals surface area contributed by atoms with Crippen LogP contribution in [0.1, 0.15) is 10.4 Å². The minimum absolute atomic E-state index is 0.225. The van der Waals surface area contributed by atoms with E-state index in [-0.39, 0.29) is 12.5 Å². The number of anilines is 3. The van der Waals surface area contributed by atoms with Crippen molar-refractivity contribution in [2.45, 2.75) is 6.10 Å². The van der Waals surface area contributed by atoms with Gasteiger partial charge in [-0.05, 0) is 76.6 Å². The number of pyridine rings is 1. The zero-order chi connectivity index (χ0) is 25.8. The summed E-state index contributed by atoms with van der Waals surface area (Å²) in [6, 6.07) is 20.8. The van der Waals surface area contributed by atoms with Gasteiger partial charge in [-0.3, -0.25) is 9.69 Å². The summed E-state index contributed by atoms with van der Waals surface area (Å²) >= 11 is 3.44. The topological polar surface area (TPSA) is 87.2 Å². The van der Waals surface area contributed by atoms with E-state index < -0.39 is 12.2 Å². The van der Waals surface area contributed by atoms with Gasteiger partial charge in [0.25, 0.3) is 5.91 Å². The fraction of sp³-hybridized carbons (Fsp3) is 0.296. The van der Waals surface area contributed by atoms with Crippen molar-refractivity contribution in [1.29, 1.82) is 0 Å². The Morgan fingerprint density at radius 1 is 1.00 bits per heavy atom. The van der Waals surface area contributed by atoms with E-state index in [4.69, 9.17) is 9.47 Å². The lowest BCUT2D eigenvalue weighted by Gasteiger charge is -2.36. The molecular weight excluding hydrogens is 538 g/mol. The minimum Gasteiger partial charge on any atom is -0.497 e. The maximum Gasteiger partial charge on any atom is 0.414 e. The van der Waals surface area contributed by atoms with E-state index in [0.29, 0.717) is 17.9 Å². The van der Waals surface area contributed by atoms with Crippen LogP contribution in [0.3, 0.4) is 0 Å². The summed E-state index contributed by atoms with van der Waals surface area (Å²) < 4.78 is 11.4. The first-order chi connectivity index (χ1) is 18.0. The van der Waals surface area contributed by atoms with Crippen molar-refractivity contribution >= 4 is 45.1 Å². The van der Waals surface area contributed by atoms with E-state index in [1.807, 2.05) is 42.5 Å². The molecular formula is C27H28BrN5O4. The molecule has 2 aliphatic rings. The number of ether oxygens (including phenoxy) is 2. The van der Waals surface area contributed by atoms with Crippen molar-refractivity contribution in [3.05, 3.63) is 76.9 Å². The van der Waals surface area contributed by atoms with Crippen LogP contribution in [-0.2, 0) is 4.74 Å². The second-order valence-electron chi connectivity index (χ2n) is 8.86. The number of halogens is 1. The number of carbonyl (C=O) groups excluding carboxylic acids is 2. The first-order valence-electron chi connectivity index (χ1n) is 12.1. The third-order valence-electron chi connectivity index (χ3n) is 6.55. The highest BCUT2D eigenvalue weighted by Crippen LogP contribution is 2.26. The highest BCUT2D eigenvalue weighted by Gasteiger charge is 2.32. The van der Waals surface area contributed by atoms with Gasteiger partial charge in [-0.2, -0.15) is 0 Å². The average Bonchev–Trinajstić information content (AvgIpc) is 3.32. The molecule has 0 aliphatic carbocycles. The molecule has 37 heavy (non-hydrogen) atoms. The van der Waals surface area contributed by atoms with Crippen LogP contribution in [0.2, 0.25) is 0 Å². The number of amides is 2. The Morgan fingerprint density at radius 2 is 1.68 bits per heavy atom. The molecule has 1 atom stereocenters. The summed E-state index contributed by atoms with van der Waals surface area (Å²) in [5.41, 5.74) is 2.41. The fourth-order valence-corrected chi connectivity index (χ4v) is 4.83. The number of carbonyl (C=O) groups is 2. The van der Waals surface area contributed by atoms with Crippen LogP contribution in [0, 0.1) is 0 Å². The van der Waals surface area contributed by atoms with Crippen molar-refractivity contribution in [3.63, 3.8) is 0 Å². The number of rotatable bonds is 7. The van der Waals surface area contributed by atoms with Gasteiger partial charge in [-0.15, -0.1) is 0 Å². The van der Waals surface area contributed by atoms with Gasteiger partial charge in [-0.1, -0.05) is 6.07 Å². The van der Waals surface area contributed by atoms with E-state index >= 15 is 0 Å². The monoisotopic (exact) mass is 565 g/mol. The van der Waals surface area contributed by atoms with Gasteiger partial charge in [0.05, 0.1) is 20.2 Å². The van der Waals surface area contributed by atoms with Crippen molar-refractivity contribution in [2.24, 2.45) is 0 Å². The molecule has 0 bridgehead atoms. The van der Waals surface area contributed by atoms with Crippen molar-refractivity contribution in [3.8, 4) is 5.75 Å². The molecule has 2 fully saturated rings. The number of cyclic esters (lactones) is 1. The Morgan fingerprint density at radius 3 is 2.35 bits per heavy atom. The van der Waals surface area contributed by atoms with Gasteiger partial charge in [0, 0.05) is 43.1 Å². The second-order valence-corrected chi connectivity index (χ2v) is 9.68. The number of nitrogens with zero attached hydrogens (tertiary/aromatic N) is 4. The largest absolute Gasteiger partial charge is 0.497 e. The standard InChI is InChI=1S/C27H28BrN5O4/c1-36-22-11-5-19(6-12-22)26(34)29-17-23-18-33(27(35)37-23)21-9-7-20(8-10-21)31-13-15-32(16-14-31)25-4-2-3-24(28)30-25/h2-12,23H,13-18H2,1H3,(H,29,34)/t23-/m0/s1. The molecule has 1 aromatic heterocycles. The third-order valence-corrected chi connectivity index (χ3v) is 6.99. The molecule has 5 rings (SSSR count). The van der Waals surface area contributed by atoms with Crippen LogP contribution in [0.15, 0.2) is 71.3 Å². The van der Waals surface area contributed by atoms with Gasteiger partial charge in [-0.25, -0.2) is 9.78 Å². The summed E-state index contributed by atoms with van der Waals surface area (Å²) in [6.45, 7) is 4.15. The normalized spacial score (nSPS) is 17.5. The summed E-state index contributed by atoms with van der Waals surface area (Å²) in [5.74, 6) is 1.44. The summed E-state index contributed by atoms with van der Waals surface area (Å²) in [5, 5.41) is 2.84. The molecule has 0 saturated carbocycles. The highest BCUT2D eigenvalue weighted by atomic mass is 79.9. The number of nitrogens with one attached hydrogen (secondary N) is 1. The molecule has 1 N–H and O–H groups in total. The van der Waals surface area contributed by atoms with Crippen LogP contribution in [0.5, 0.6) is 5.75 Å². The number of hydrogen-bond acceptors (Lipinski definition) is 7. The number of hydrogen-bond donors (Lipinski definition) is 1. The fourth-order valence-electron chi connectivity index (χ4n) is 4.50. The third kappa shape index (κ3) is 5.80. The van der Waals surface area contributed by atoms with Crippen molar-refractivity contribution in [1.82, 2.24) is 10.3 Å². The average molecular weight is 566 g/mol. The summed E-state index contributed by atoms with van der Waals surface area (Å²) in [7, 11) is 1.58. The predicted molar refractivity (Wildman–Crippen MR) is 146 cm³/mol. The maximum atomic E-state index is 12.5. The van der Waals surface area contributed by atoms with Crippen LogP contribution >= 0.6 is 15.9 Å². The molecule has 2 aromatic carbocycles. The number of methoxy groups -OCH3 is 1. The zero-order valence-electron chi connectivity index (χ0n) is 20.5. The van der Waals surface area contributed by atoms with E-state index in [2.05, 4.69) is 36.0 Å². The van der Waals surface area contributed by atoms with E-state index in [9.17, 15) is 9.59 Å². The predicted octanol–water partition coefficient (Wildman–Crippen LogP) is 3.93. The SMILES string of the molecule is COc1ccc(C(=O)NC[C@H]2CN(c3ccc(N4CCN(c5cccc(Br)n5)CC4)cc3)C(=O)O2)cc1. The first-order valence-corrected chi connectivity index (χ1v) is 12.9. The van der Waals surface area contributed by atoms with Gasteiger partial charge in [0.15, 0.2) is 0 Å². The molecule has 3 aromatic rings. The van der Waals surface area contributed by atoms with Gasteiger partial charge in [0.1, 0.15) is 22.3 Å². The molecule has 2 saturated heterocycles. The zero-order valence-corrected chi connectivity index (χ0v) is 22.1.